The van der Waals surface area contributed by atoms with Crippen molar-refractivity contribution in [3.8, 4) is 11.5 Å². The maximum atomic E-state index is 11.1. The number of aromatic nitrogens is 2. The van der Waals surface area contributed by atoms with Gasteiger partial charge < -0.3 is 9.84 Å². The molecule has 0 aliphatic carbocycles. The van der Waals surface area contributed by atoms with Crippen molar-refractivity contribution >= 4 is 5.69 Å². The molecular formula is C11H12N4O3. The first-order chi connectivity index (χ1) is 8.63. The number of nitrogens with zero attached hydrogens (tertiary/aromatic N) is 3. The quantitative estimate of drug-likeness (QED) is 0.653. The SMILES string of the molecule is CNCc1noc(-c2cccc(C)c2[N+](=O)[O-])n1. The van der Waals surface area contributed by atoms with Gasteiger partial charge in [0.15, 0.2) is 5.82 Å². The molecule has 0 bridgehead atoms. The van der Waals surface area contributed by atoms with E-state index >= 15 is 0 Å². The molecule has 0 saturated heterocycles. The van der Waals surface area contributed by atoms with Crippen molar-refractivity contribution in [3.63, 3.8) is 0 Å². The van der Waals surface area contributed by atoms with Gasteiger partial charge in [0.2, 0.25) is 0 Å². The summed E-state index contributed by atoms with van der Waals surface area (Å²) in [7, 11) is 1.76. The molecule has 0 fully saturated rings. The second kappa shape index (κ2) is 4.92. The number of nitro benzene ring substituents is 1. The molecule has 0 radical (unpaired) electrons. The minimum Gasteiger partial charge on any atom is -0.334 e. The molecule has 0 unspecified atom stereocenters. The topological polar surface area (TPSA) is 94.1 Å². The second-order valence-electron chi connectivity index (χ2n) is 3.77. The highest BCUT2D eigenvalue weighted by molar-refractivity contribution is 5.69. The summed E-state index contributed by atoms with van der Waals surface area (Å²) in [6.45, 7) is 2.12. The number of benzene rings is 1. The molecule has 0 amide bonds. The van der Waals surface area contributed by atoms with Crippen LogP contribution in [0.2, 0.25) is 0 Å². The molecule has 2 aromatic rings. The number of para-hydroxylation sites is 1. The van der Waals surface area contributed by atoms with Crippen LogP contribution in [0.4, 0.5) is 5.69 Å². The second-order valence-corrected chi connectivity index (χ2v) is 3.77. The van der Waals surface area contributed by atoms with Gasteiger partial charge in [-0.2, -0.15) is 4.98 Å². The normalized spacial score (nSPS) is 10.6. The van der Waals surface area contributed by atoms with Gasteiger partial charge in [0.05, 0.1) is 11.5 Å². The fraction of sp³-hybridized carbons (Fsp3) is 0.273. The van der Waals surface area contributed by atoms with E-state index in [0.29, 0.717) is 23.5 Å². The lowest BCUT2D eigenvalue weighted by Gasteiger charge is -2.00. The van der Waals surface area contributed by atoms with Gasteiger partial charge in [0.25, 0.3) is 11.6 Å². The number of hydrogen-bond donors (Lipinski definition) is 1. The summed E-state index contributed by atoms with van der Waals surface area (Å²) in [6.07, 6.45) is 0. The van der Waals surface area contributed by atoms with E-state index in [1.807, 2.05) is 0 Å². The minimum atomic E-state index is -0.438. The Bertz CT molecular complexity index is 579. The Kier molecular flexibility index (Phi) is 3.33. The summed E-state index contributed by atoms with van der Waals surface area (Å²) in [5.74, 6) is 0.624. The van der Waals surface area contributed by atoms with Crippen LogP contribution in [0.3, 0.4) is 0 Å². The van der Waals surface area contributed by atoms with Gasteiger partial charge in [0.1, 0.15) is 5.56 Å². The summed E-state index contributed by atoms with van der Waals surface area (Å²) in [4.78, 5) is 14.7. The van der Waals surface area contributed by atoms with Crippen molar-refractivity contribution in [2.45, 2.75) is 13.5 Å². The van der Waals surface area contributed by atoms with Crippen molar-refractivity contribution in [1.29, 1.82) is 0 Å². The molecule has 1 aromatic heterocycles. The number of nitro groups is 1. The Morgan fingerprint density at radius 1 is 1.50 bits per heavy atom. The molecule has 1 N–H and O–H groups in total. The zero-order valence-corrected chi connectivity index (χ0v) is 10.0. The molecule has 2 rings (SSSR count). The molecule has 7 nitrogen and oxygen atoms in total. The van der Waals surface area contributed by atoms with Crippen LogP contribution in [0.5, 0.6) is 0 Å². The van der Waals surface area contributed by atoms with Crippen LogP contribution in [0, 0.1) is 17.0 Å². The molecule has 1 aromatic carbocycles. The molecule has 0 aliphatic rings. The Balaban J connectivity index is 2.49. The molecule has 18 heavy (non-hydrogen) atoms. The molecular weight excluding hydrogens is 236 g/mol. The minimum absolute atomic E-state index is 0.00263. The van der Waals surface area contributed by atoms with Crippen LogP contribution >= 0.6 is 0 Å². The van der Waals surface area contributed by atoms with Gasteiger partial charge in [-0.05, 0) is 20.0 Å². The summed E-state index contributed by atoms with van der Waals surface area (Å²) in [5, 5.41) is 17.7. The van der Waals surface area contributed by atoms with E-state index in [-0.39, 0.29) is 11.6 Å². The maximum Gasteiger partial charge on any atom is 0.285 e. The van der Waals surface area contributed by atoms with E-state index in [4.69, 9.17) is 4.52 Å². The molecule has 0 aliphatic heterocycles. The third kappa shape index (κ3) is 2.21. The predicted octanol–water partition coefficient (Wildman–Crippen LogP) is 1.67. The molecule has 0 spiro atoms. The molecule has 0 atom stereocenters. The Hall–Kier alpha value is -2.28. The van der Waals surface area contributed by atoms with Gasteiger partial charge in [-0.15, -0.1) is 0 Å². The highest BCUT2D eigenvalue weighted by Gasteiger charge is 2.22. The number of nitrogens with one attached hydrogen (secondary N) is 1. The summed E-state index contributed by atoms with van der Waals surface area (Å²) >= 11 is 0. The standard InChI is InChI=1S/C11H12N4O3/c1-7-4-3-5-8(10(7)15(16)17)11-13-9(6-12-2)14-18-11/h3-5,12H,6H2,1-2H3. The zero-order valence-electron chi connectivity index (χ0n) is 10.0. The fourth-order valence-corrected chi connectivity index (χ4v) is 1.67. The number of hydrogen-bond acceptors (Lipinski definition) is 6. The van der Waals surface area contributed by atoms with Crippen molar-refractivity contribution in [3.05, 3.63) is 39.7 Å². The average molecular weight is 248 g/mol. The fourth-order valence-electron chi connectivity index (χ4n) is 1.67. The lowest BCUT2D eigenvalue weighted by molar-refractivity contribution is -0.384. The zero-order chi connectivity index (χ0) is 13.1. The smallest absolute Gasteiger partial charge is 0.285 e. The van der Waals surface area contributed by atoms with Crippen LogP contribution in [-0.2, 0) is 6.54 Å². The van der Waals surface area contributed by atoms with Crippen molar-refractivity contribution in [1.82, 2.24) is 15.5 Å². The third-order valence-electron chi connectivity index (χ3n) is 2.45. The number of aryl methyl sites for hydroxylation is 1. The summed E-state index contributed by atoms with van der Waals surface area (Å²) in [5.41, 5.74) is 0.901. The van der Waals surface area contributed by atoms with Gasteiger partial charge in [0, 0.05) is 5.56 Å². The Morgan fingerprint density at radius 2 is 2.28 bits per heavy atom. The van der Waals surface area contributed by atoms with Crippen LogP contribution in [-0.4, -0.2) is 22.1 Å². The molecule has 0 saturated carbocycles. The first kappa shape index (κ1) is 12.2. The van der Waals surface area contributed by atoms with E-state index in [9.17, 15) is 10.1 Å². The molecule has 1 heterocycles. The van der Waals surface area contributed by atoms with Crippen molar-refractivity contribution in [2.24, 2.45) is 0 Å². The Labute approximate surface area is 103 Å². The van der Waals surface area contributed by atoms with Crippen LogP contribution < -0.4 is 5.32 Å². The first-order valence-electron chi connectivity index (χ1n) is 5.35. The van der Waals surface area contributed by atoms with Gasteiger partial charge in [-0.3, -0.25) is 10.1 Å². The van der Waals surface area contributed by atoms with Crippen LogP contribution in [0.1, 0.15) is 11.4 Å². The lowest BCUT2D eigenvalue weighted by Crippen LogP contribution is -2.06. The largest absolute Gasteiger partial charge is 0.334 e. The van der Waals surface area contributed by atoms with Gasteiger partial charge >= 0.3 is 0 Å². The van der Waals surface area contributed by atoms with E-state index in [1.165, 1.54) is 0 Å². The Morgan fingerprint density at radius 3 is 2.94 bits per heavy atom. The highest BCUT2D eigenvalue weighted by atomic mass is 16.6. The average Bonchev–Trinajstić information content (AvgIpc) is 2.77. The first-order valence-corrected chi connectivity index (χ1v) is 5.35. The van der Waals surface area contributed by atoms with Crippen LogP contribution in [0.25, 0.3) is 11.5 Å². The monoisotopic (exact) mass is 248 g/mol. The number of rotatable bonds is 4. The van der Waals surface area contributed by atoms with Crippen LogP contribution in [0.15, 0.2) is 22.7 Å². The molecule has 7 heteroatoms. The van der Waals surface area contributed by atoms with Gasteiger partial charge in [-0.1, -0.05) is 17.3 Å². The lowest BCUT2D eigenvalue weighted by atomic mass is 10.1. The predicted molar refractivity (Wildman–Crippen MR) is 63.9 cm³/mol. The maximum absolute atomic E-state index is 11.1. The van der Waals surface area contributed by atoms with Gasteiger partial charge in [-0.25, -0.2) is 0 Å². The summed E-state index contributed by atoms with van der Waals surface area (Å²) < 4.78 is 5.04. The summed E-state index contributed by atoms with van der Waals surface area (Å²) in [6, 6.07) is 4.99. The third-order valence-corrected chi connectivity index (χ3v) is 2.45. The van der Waals surface area contributed by atoms with Crippen molar-refractivity contribution in [2.75, 3.05) is 7.05 Å². The van der Waals surface area contributed by atoms with E-state index in [1.54, 1.807) is 32.2 Å². The van der Waals surface area contributed by atoms with Crippen molar-refractivity contribution < 1.29 is 9.45 Å². The van der Waals surface area contributed by atoms with E-state index in [2.05, 4.69) is 15.5 Å². The highest BCUT2D eigenvalue weighted by Crippen LogP contribution is 2.31. The van der Waals surface area contributed by atoms with E-state index in [0.717, 1.165) is 0 Å². The molecule has 94 valence electrons. The van der Waals surface area contributed by atoms with E-state index < -0.39 is 4.92 Å².